The second-order valence-corrected chi connectivity index (χ2v) is 9.96. The summed E-state index contributed by atoms with van der Waals surface area (Å²) in [5, 5.41) is 5.93. The second-order valence-electron chi connectivity index (χ2n) is 7.90. The minimum absolute atomic E-state index is 0. The monoisotopic (exact) mass is 594 g/mol. The fourth-order valence-electron chi connectivity index (χ4n) is 3.28. The van der Waals surface area contributed by atoms with E-state index in [9.17, 15) is 26.4 Å². The van der Waals surface area contributed by atoms with Crippen molar-refractivity contribution in [3.63, 3.8) is 0 Å². The number of pyridine rings is 1. The molecule has 0 spiro atoms. The Kier molecular flexibility index (Phi) is 12.4. The number of nitrogens with one attached hydrogen (secondary N) is 3. The molecule has 0 atom stereocenters. The third kappa shape index (κ3) is 10.2. The van der Waals surface area contributed by atoms with Gasteiger partial charge in [-0.05, 0) is 48.5 Å². The van der Waals surface area contributed by atoms with Crippen molar-refractivity contribution in [1.29, 1.82) is 0 Å². The van der Waals surface area contributed by atoms with Gasteiger partial charge in [-0.2, -0.15) is 13.2 Å². The average Bonchev–Trinajstić information content (AvgIpc) is 2.87. The van der Waals surface area contributed by atoms with Gasteiger partial charge in [0.15, 0.2) is 5.11 Å². The van der Waals surface area contributed by atoms with E-state index in [0.29, 0.717) is 11.1 Å². The molecule has 1 aromatic heterocycles. The summed E-state index contributed by atoms with van der Waals surface area (Å²) in [4.78, 5) is 16.6. The summed E-state index contributed by atoms with van der Waals surface area (Å²) in [5.74, 6) is -0.432. The van der Waals surface area contributed by atoms with Crippen molar-refractivity contribution in [2.75, 3.05) is 33.4 Å². The van der Waals surface area contributed by atoms with Crippen molar-refractivity contribution in [2.24, 2.45) is 0 Å². The summed E-state index contributed by atoms with van der Waals surface area (Å²) in [6.45, 7) is -1.97. The Morgan fingerprint density at radius 2 is 1.85 bits per heavy atom. The van der Waals surface area contributed by atoms with Crippen LogP contribution in [0.15, 0.2) is 59.6 Å². The number of rotatable bonds is 11. The summed E-state index contributed by atoms with van der Waals surface area (Å²) < 4.78 is 74.6. The number of sulfonamides is 1. The topological polar surface area (TPSA) is 119 Å². The van der Waals surface area contributed by atoms with Crippen LogP contribution in [0.4, 0.5) is 13.2 Å². The maximum absolute atomic E-state index is 12.9. The normalized spacial score (nSPS) is 11.4. The van der Waals surface area contributed by atoms with Gasteiger partial charge in [0.25, 0.3) is 15.9 Å². The van der Waals surface area contributed by atoms with Crippen LogP contribution in [-0.4, -0.2) is 93.6 Å². The standard InChI is InChI=1S/C24H25F3N4O5S2.Na.H/c1-28-23(37)31-38(33,34)21-12-16(6-7-20(21)36-11-10-35-15-24(25,26)27)8-9-29-22(32)18-13-17-4-2-3-5-19(17)30-14-18;;/h2-7,12-14H,8-11,15H2,1H3,(H,29,32)(H2,28,31,37);;. The number of benzene rings is 2. The van der Waals surface area contributed by atoms with Gasteiger partial charge in [-0.1, -0.05) is 24.3 Å². The maximum atomic E-state index is 12.9. The molecule has 0 unspecified atom stereocenters. The predicted octanol–water partition coefficient (Wildman–Crippen LogP) is 2.30. The number of carbonyl (C=O) groups excluding carboxylic acids is 1. The van der Waals surface area contributed by atoms with Crippen LogP contribution in [0.1, 0.15) is 15.9 Å². The van der Waals surface area contributed by atoms with Gasteiger partial charge in [0.05, 0.1) is 17.7 Å². The molecule has 3 rings (SSSR count). The third-order valence-electron chi connectivity index (χ3n) is 5.05. The first kappa shape index (κ1) is 32.7. The molecule has 3 N–H and O–H groups in total. The summed E-state index contributed by atoms with van der Waals surface area (Å²) >= 11 is 4.89. The van der Waals surface area contributed by atoms with Crippen molar-refractivity contribution in [2.45, 2.75) is 17.5 Å². The molecule has 1 heterocycles. The molecule has 9 nitrogen and oxygen atoms in total. The van der Waals surface area contributed by atoms with Crippen LogP contribution in [0.2, 0.25) is 0 Å². The molecular weight excluding hydrogens is 568 g/mol. The zero-order valence-corrected chi connectivity index (χ0v) is 21.8. The van der Waals surface area contributed by atoms with Crippen LogP contribution in [0.3, 0.4) is 0 Å². The number of alkyl halides is 3. The second kappa shape index (κ2) is 14.8. The molecule has 0 aliphatic heterocycles. The zero-order chi connectivity index (χ0) is 27.8. The zero-order valence-electron chi connectivity index (χ0n) is 20.2. The summed E-state index contributed by atoms with van der Waals surface area (Å²) in [6.07, 6.45) is -2.73. The molecule has 39 heavy (non-hydrogen) atoms. The molecule has 206 valence electrons. The number of hydrogen-bond acceptors (Lipinski definition) is 7. The van der Waals surface area contributed by atoms with E-state index in [1.807, 2.05) is 24.3 Å². The molecule has 1 amide bonds. The molecule has 3 aromatic rings. The number of aromatic nitrogens is 1. The van der Waals surface area contributed by atoms with E-state index in [-0.39, 0.29) is 70.8 Å². The first-order valence-electron chi connectivity index (χ1n) is 11.3. The molecule has 0 saturated heterocycles. The Balaban J connectivity index is 0.00000533. The first-order chi connectivity index (χ1) is 18.0. The van der Waals surface area contributed by atoms with Gasteiger partial charge < -0.3 is 20.1 Å². The quantitative estimate of drug-likeness (QED) is 0.176. The molecule has 0 bridgehead atoms. The van der Waals surface area contributed by atoms with Crippen LogP contribution in [0.25, 0.3) is 10.9 Å². The van der Waals surface area contributed by atoms with Gasteiger partial charge >= 0.3 is 35.7 Å². The number of para-hydroxylation sites is 1. The third-order valence-corrected chi connectivity index (χ3v) is 6.86. The Bertz CT molecular complexity index is 1410. The minimum atomic E-state index is -4.48. The van der Waals surface area contributed by atoms with Crippen LogP contribution < -0.4 is 20.1 Å². The number of halogens is 3. The van der Waals surface area contributed by atoms with Gasteiger partial charge in [0.2, 0.25) is 0 Å². The summed E-state index contributed by atoms with van der Waals surface area (Å²) in [5.41, 5.74) is 1.70. The fourth-order valence-corrected chi connectivity index (χ4v) is 4.76. The van der Waals surface area contributed by atoms with Gasteiger partial charge in [-0.15, -0.1) is 0 Å². The molecule has 0 aliphatic carbocycles. The SMILES string of the molecule is CNC(=S)NS(=O)(=O)c1cc(CCNC(=O)c2cnc3ccccc3c2)ccc1OCCOCC(F)(F)F.[NaH]. The Hall–Kier alpha value is -2.49. The number of amides is 1. The summed E-state index contributed by atoms with van der Waals surface area (Å²) in [6, 6.07) is 13.4. The van der Waals surface area contributed by atoms with E-state index in [0.717, 1.165) is 10.9 Å². The molecule has 0 fully saturated rings. The van der Waals surface area contributed by atoms with Crippen molar-refractivity contribution in [3.8, 4) is 5.75 Å². The van der Waals surface area contributed by atoms with Crippen LogP contribution in [0, 0.1) is 0 Å². The number of thiocarbonyl (C=S) groups is 1. The molecular formula is C24H26F3N4NaO5S2. The molecule has 0 saturated carbocycles. The fraction of sp³-hybridized carbons (Fsp3) is 0.292. The number of carbonyl (C=O) groups is 1. The van der Waals surface area contributed by atoms with Gasteiger partial charge in [0.1, 0.15) is 23.9 Å². The van der Waals surface area contributed by atoms with Crippen molar-refractivity contribution in [3.05, 3.63) is 65.9 Å². The van der Waals surface area contributed by atoms with Crippen molar-refractivity contribution < 1.29 is 35.9 Å². The van der Waals surface area contributed by atoms with E-state index < -0.39 is 29.4 Å². The number of fused-ring (bicyclic) bond motifs is 1. The van der Waals surface area contributed by atoms with Crippen LogP contribution >= 0.6 is 12.2 Å². The average molecular weight is 595 g/mol. The van der Waals surface area contributed by atoms with E-state index >= 15 is 0 Å². The van der Waals surface area contributed by atoms with Crippen molar-refractivity contribution >= 4 is 73.7 Å². The Labute approximate surface area is 251 Å². The predicted molar refractivity (Wildman–Crippen MR) is 146 cm³/mol. The molecule has 0 aliphatic rings. The van der Waals surface area contributed by atoms with Crippen LogP contribution in [0.5, 0.6) is 5.75 Å². The van der Waals surface area contributed by atoms with Crippen molar-refractivity contribution in [1.82, 2.24) is 20.3 Å². The van der Waals surface area contributed by atoms with Gasteiger partial charge in [-0.25, -0.2) is 8.42 Å². The van der Waals surface area contributed by atoms with Gasteiger partial charge in [0, 0.05) is 25.2 Å². The Morgan fingerprint density at radius 1 is 1.10 bits per heavy atom. The van der Waals surface area contributed by atoms with Crippen LogP contribution in [-0.2, 0) is 21.2 Å². The number of hydrogen-bond donors (Lipinski definition) is 3. The number of ether oxygens (including phenoxy) is 2. The van der Waals surface area contributed by atoms with E-state index in [4.69, 9.17) is 17.0 Å². The van der Waals surface area contributed by atoms with Gasteiger partial charge in [-0.3, -0.25) is 14.5 Å². The van der Waals surface area contributed by atoms with E-state index in [1.165, 1.54) is 25.4 Å². The van der Waals surface area contributed by atoms with E-state index in [2.05, 4.69) is 25.1 Å². The molecule has 2 aromatic carbocycles. The Morgan fingerprint density at radius 3 is 2.56 bits per heavy atom. The van der Waals surface area contributed by atoms with E-state index in [1.54, 1.807) is 12.1 Å². The summed E-state index contributed by atoms with van der Waals surface area (Å²) in [7, 11) is -2.76. The molecule has 15 heteroatoms. The molecule has 0 radical (unpaired) electrons. The number of nitrogens with zero attached hydrogens (tertiary/aromatic N) is 1. The first-order valence-corrected chi connectivity index (χ1v) is 13.2.